The highest BCUT2D eigenvalue weighted by Crippen LogP contribution is 2.29. The van der Waals surface area contributed by atoms with Crippen LogP contribution in [0.4, 0.5) is 10.1 Å². The van der Waals surface area contributed by atoms with E-state index in [1.54, 1.807) is 0 Å². The second-order valence-corrected chi connectivity index (χ2v) is 5.46. The van der Waals surface area contributed by atoms with Gasteiger partial charge in [-0.25, -0.2) is 9.18 Å². The van der Waals surface area contributed by atoms with Gasteiger partial charge in [-0.1, -0.05) is 18.2 Å². The molecule has 0 unspecified atom stereocenters. The Morgan fingerprint density at radius 2 is 1.92 bits per heavy atom. The first-order valence-electron chi connectivity index (χ1n) is 9.48. The molecule has 1 aliphatic carbocycles. The van der Waals surface area contributed by atoms with Gasteiger partial charge >= 0.3 is 5.97 Å². The number of aliphatic carboxylic acids is 1. The van der Waals surface area contributed by atoms with Gasteiger partial charge in [-0.2, -0.15) is 0 Å². The molecule has 0 heterocycles. The number of amides is 1. The molecular weight excluding hydrogens is 325 g/mol. The molecule has 5 nitrogen and oxygen atoms in total. The van der Waals surface area contributed by atoms with Crippen molar-refractivity contribution in [2.45, 2.75) is 19.3 Å². The molecule has 0 saturated carbocycles. The van der Waals surface area contributed by atoms with Crippen molar-refractivity contribution in [3.8, 4) is 16.9 Å². The molecule has 128 valence electrons. The van der Waals surface area contributed by atoms with Gasteiger partial charge in [0.15, 0.2) is 0 Å². The number of anilines is 1. The first-order valence-corrected chi connectivity index (χ1v) is 7.48. The summed E-state index contributed by atoms with van der Waals surface area (Å²) in [5, 5.41) is 21.2. The highest BCUT2D eigenvalue weighted by Gasteiger charge is 2.25. The van der Waals surface area contributed by atoms with Crippen LogP contribution in [0.1, 0.15) is 24.7 Å². The molecule has 0 saturated heterocycles. The number of hydrogen-bond donors (Lipinski definition) is 3. The van der Waals surface area contributed by atoms with E-state index >= 15 is 0 Å². The molecule has 3 rings (SSSR count). The van der Waals surface area contributed by atoms with Gasteiger partial charge in [0.1, 0.15) is 11.6 Å². The molecule has 0 radical (unpaired) electrons. The van der Waals surface area contributed by atoms with Gasteiger partial charge in [-0.3, -0.25) is 4.79 Å². The molecule has 2 aromatic carbocycles. The summed E-state index contributed by atoms with van der Waals surface area (Å²) in [5.41, 5.74) is -0.646. The number of halogens is 1. The van der Waals surface area contributed by atoms with Crippen LogP contribution in [-0.4, -0.2) is 22.1 Å². The average molecular weight is 345 g/mol. The summed E-state index contributed by atoms with van der Waals surface area (Å²) >= 11 is 0. The molecule has 6 heteroatoms. The molecule has 1 amide bonds. The SMILES string of the molecule is [2H]c1cc([2H])c(-c2cc([2H])c(NC(=O)C3=C(C(=O)O)CCC3)c(F)c2)c([2H])c1O. The van der Waals surface area contributed by atoms with E-state index in [2.05, 4.69) is 5.32 Å². The van der Waals surface area contributed by atoms with E-state index in [-0.39, 0.29) is 41.2 Å². The lowest BCUT2D eigenvalue weighted by molar-refractivity contribution is -0.133. The monoisotopic (exact) mass is 345 g/mol. The highest BCUT2D eigenvalue weighted by atomic mass is 19.1. The fourth-order valence-electron chi connectivity index (χ4n) is 2.65. The van der Waals surface area contributed by atoms with Gasteiger partial charge in [0, 0.05) is 11.1 Å². The summed E-state index contributed by atoms with van der Waals surface area (Å²) in [6.45, 7) is 0. The van der Waals surface area contributed by atoms with E-state index in [9.17, 15) is 19.1 Å². The lowest BCUT2D eigenvalue weighted by Crippen LogP contribution is -2.17. The van der Waals surface area contributed by atoms with Gasteiger partial charge in [0.05, 0.1) is 11.2 Å². The van der Waals surface area contributed by atoms with Crippen LogP contribution >= 0.6 is 0 Å². The van der Waals surface area contributed by atoms with Crippen LogP contribution in [0.15, 0.2) is 53.5 Å². The Kier molecular flexibility index (Phi) is 3.31. The van der Waals surface area contributed by atoms with Crippen LogP contribution in [0.3, 0.4) is 0 Å². The maximum atomic E-state index is 14.7. The van der Waals surface area contributed by atoms with E-state index in [0.29, 0.717) is 6.42 Å². The average Bonchev–Trinajstić information content (AvgIpc) is 3.13. The van der Waals surface area contributed by atoms with Gasteiger partial charge in [0.25, 0.3) is 5.91 Å². The Labute approximate surface area is 149 Å². The minimum absolute atomic E-state index is 0.0327. The summed E-state index contributed by atoms with van der Waals surface area (Å²) in [4.78, 5) is 23.6. The van der Waals surface area contributed by atoms with Crippen LogP contribution in [0.2, 0.25) is 0 Å². The number of carbonyl (C=O) groups is 2. The topological polar surface area (TPSA) is 86.6 Å². The summed E-state index contributed by atoms with van der Waals surface area (Å²) in [7, 11) is 0. The number of phenolic OH excluding ortho intramolecular Hbond substituents is 1. The van der Waals surface area contributed by atoms with E-state index in [4.69, 9.17) is 10.6 Å². The Morgan fingerprint density at radius 3 is 2.64 bits per heavy atom. The molecule has 2 aromatic rings. The number of carbonyl (C=O) groups excluding carboxylic acids is 1. The van der Waals surface area contributed by atoms with Crippen molar-refractivity contribution in [3.05, 3.63) is 59.3 Å². The smallest absolute Gasteiger partial charge is 0.332 e. The van der Waals surface area contributed by atoms with E-state index < -0.39 is 47.3 Å². The van der Waals surface area contributed by atoms with E-state index in [0.717, 1.165) is 18.2 Å². The maximum absolute atomic E-state index is 14.7. The summed E-state index contributed by atoms with van der Waals surface area (Å²) < 4.78 is 46.0. The molecule has 0 bridgehead atoms. The number of nitrogens with one attached hydrogen (secondary N) is 1. The Hall–Kier alpha value is -3.15. The van der Waals surface area contributed by atoms with Crippen molar-refractivity contribution < 1.29 is 29.7 Å². The summed E-state index contributed by atoms with van der Waals surface area (Å²) in [5.74, 6) is -3.68. The van der Waals surface area contributed by atoms with Gasteiger partial charge in [-0.05, 0) is 54.6 Å². The molecule has 1 aliphatic rings. The molecule has 3 N–H and O–H groups in total. The third kappa shape index (κ3) is 3.52. The number of carboxylic acid groups (broad SMARTS) is 1. The minimum Gasteiger partial charge on any atom is -0.508 e. The normalized spacial score (nSPS) is 16.0. The van der Waals surface area contributed by atoms with Crippen LogP contribution < -0.4 is 5.32 Å². The van der Waals surface area contributed by atoms with Crippen molar-refractivity contribution in [1.29, 1.82) is 0 Å². The van der Waals surface area contributed by atoms with Crippen LogP contribution in [0.25, 0.3) is 11.1 Å². The summed E-state index contributed by atoms with van der Waals surface area (Å²) in [6.07, 6.45) is 0.971. The van der Waals surface area contributed by atoms with Gasteiger partial charge < -0.3 is 15.5 Å². The van der Waals surface area contributed by atoms with Crippen molar-refractivity contribution in [3.63, 3.8) is 0 Å². The second kappa shape index (κ2) is 6.76. The molecule has 0 aliphatic heterocycles. The largest absolute Gasteiger partial charge is 0.508 e. The van der Waals surface area contributed by atoms with Crippen LogP contribution in [0.5, 0.6) is 5.75 Å². The summed E-state index contributed by atoms with van der Waals surface area (Å²) in [6, 6.07) is 1.32. The third-order valence-corrected chi connectivity index (χ3v) is 3.84. The minimum atomic E-state index is -1.21. The standard InChI is InChI=1S/C19H16FNO4/c20-16-10-12(11-3-1-4-13(22)9-11)7-8-17(16)21-18(23)14-5-2-6-15(14)19(24)25/h1,3-4,7-10,22H,2,5-6H2,(H,21,23)(H,24,25)/i3D,4D,8D,9D. The number of aromatic hydroxyl groups is 1. The van der Waals surface area contributed by atoms with Crippen LogP contribution in [-0.2, 0) is 9.59 Å². The Balaban J connectivity index is 2.00. The number of rotatable bonds is 4. The molecule has 0 spiro atoms. The maximum Gasteiger partial charge on any atom is 0.332 e. The Bertz CT molecular complexity index is 1060. The highest BCUT2D eigenvalue weighted by molar-refractivity contribution is 6.09. The van der Waals surface area contributed by atoms with Crippen molar-refractivity contribution >= 4 is 17.6 Å². The molecule has 0 atom stereocenters. The van der Waals surface area contributed by atoms with Crippen molar-refractivity contribution in [1.82, 2.24) is 0 Å². The van der Waals surface area contributed by atoms with E-state index in [1.807, 2.05) is 0 Å². The molecule has 25 heavy (non-hydrogen) atoms. The van der Waals surface area contributed by atoms with Crippen LogP contribution in [0, 0.1) is 5.82 Å². The first-order chi connectivity index (χ1) is 13.6. The van der Waals surface area contributed by atoms with Gasteiger partial charge in [-0.15, -0.1) is 0 Å². The van der Waals surface area contributed by atoms with Gasteiger partial charge in [0.2, 0.25) is 0 Å². The quantitative estimate of drug-likeness (QED) is 0.788. The van der Waals surface area contributed by atoms with E-state index in [1.165, 1.54) is 0 Å². The lowest BCUT2D eigenvalue weighted by atomic mass is 10.0. The number of carboxylic acids is 1. The number of phenols is 1. The Morgan fingerprint density at radius 1 is 1.16 bits per heavy atom. The number of benzene rings is 2. The number of hydrogen-bond acceptors (Lipinski definition) is 3. The zero-order valence-electron chi connectivity index (χ0n) is 16.9. The lowest BCUT2D eigenvalue weighted by Gasteiger charge is -2.10. The first kappa shape index (κ1) is 12.2. The molecule has 0 fully saturated rings. The fourth-order valence-corrected chi connectivity index (χ4v) is 2.65. The van der Waals surface area contributed by atoms with Crippen molar-refractivity contribution in [2.75, 3.05) is 5.32 Å². The zero-order valence-corrected chi connectivity index (χ0v) is 12.9. The third-order valence-electron chi connectivity index (χ3n) is 3.84. The second-order valence-electron chi connectivity index (χ2n) is 5.46. The van der Waals surface area contributed by atoms with Crippen molar-refractivity contribution in [2.24, 2.45) is 0 Å². The fraction of sp³-hybridized carbons (Fsp3) is 0.158. The molecule has 0 aromatic heterocycles. The zero-order chi connectivity index (χ0) is 21.5. The molecular formula is C19H16FNO4. The predicted octanol–water partition coefficient (Wildman–Crippen LogP) is 3.70. The predicted molar refractivity (Wildman–Crippen MR) is 90.6 cm³/mol.